The molecule has 1 aliphatic carbocycles. The van der Waals surface area contributed by atoms with Gasteiger partial charge in [0.25, 0.3) is 0 Å². The van der Waals surface area contributed by atoms with E-state index < -0.39 is 23.2 Å². The molecule has 1 aromatic carbocycles. The Morgan fingerprint density at radius 3 is 2.38 bits per heavy atom. The van der Waals surface area contributed by atoms with Gasteiger partial charge in [0.15, 0.2) is 0 Å². The fraction of sp³-hybridized carbons (Fsp3) is 0.500. The molecule has 1 saturated carbocycles. The third-order valence-electron chi connectivity index (χ3n) is 3.44. The quantitative estimate of drug-likeness (QED) is 0.869. The van der Waals surface area contributed by atoms with Crippen molar-refractivity contribution in [1.29, 1.82) is 0 Å². The van der Waals surface area contributed by atoms with Crippen molar-refractivity contribution in [2.75, 3.05) is 7.11 Å². The number of carbonyl (C=O) groups is 2. The molecule has 21 heavy (non-hydrogen) atoms. The van der Waals surface area contributed by atoms with Gasteiger partial charge >= 0.3 is 12.1 Å². The largest absolute Gasteiger partial charge is 0.467 e. The van der Waals surface area contributed by atoms with Gasteiger partial charge in [-0.15, -0.1) is 0 Å². The van der Waals surface area contributed by atoms with Gasteiger partial charge in [-0.1, -0.05) is 30.3 Å². The Balaban J connectivity index is 2.15. The maximum absolute atomic E-state index is 12.1. The second-order valence-electron chi connectivity index (χ2n) is 6.26. The van der Waals surface area contributed by atoms with E-state index in [9.17, 15) is 9.59 Å². The summed E-state index contributed by atoms with van der Waals surface area (Å²) >= 11 is 0. The monoisotopic (exact) mass is 291 g/mol. The van der Waals surface area contributed by atoms with Crippen LogP contribution in [0.15, 0.2) is 30.3 Å². The lowest BCUT2D eigenvalue weighted by Gasteiger charge is -2.23. The Labute approximate surface area is 124 Å². The van der Waals surface area contributed by atoms with Crippen LogP contribution in [-0.2, 0) is 14.3 Å². The van der Waals surface area contributed by atoms with Crippen LogP contribution < -0.4 is 5.32 Å². The van der Waals surface area contributed by atoms with Gasteiger partial charge in [0, 0.05) is 5.92 Å². The van der Waals surface area contributed by atoms with Crippen LogP contribution in [0.5, 0.6) is 0 Å². The van der Waals surface area contributed by atoms with Gasteiger partial charge in [-0.3, -0.25) is 0 Å². The molecule has 0 radical (unpaired) electrons. The second kappa shape index (κ2) is 5.39. The molecular formula is C16H21NO4. The van der Waals surface area contributed by atoms with Gasteiger partial charge < -0.3 is 14.8 Å². The normalized spacial score (nSPS) is 24.1. The van der Waals surface area contributed by atoms with Crippen LogP contribution in [0.4, 0.5) is 4.79 Å². The number of rotatable bonds is 3. The highest BCUT2D eigenvalue weighted by atomic mass is 16.6. The average molecular weight is 291 g/mol. The van der Waals surface area contributed by atoms with Gasteiger partial charge in [0.05, 0.1) is 7.11 Å². The molecule has 0 aromatic heterocycles. The lowest BCUT2D eigenvalue weighted by molar-refractivity contribution is -0.144. The van der Waals surface area contributed by atoms with Crippen molar-refractivity contribution in [3.8, 4) is 0 Å². The van der Waals surface area contributed by atoms with Crippen molar-refractivity contribution < 1.29 is 19.1 Å². The summed E-state index contributed by atoms with van der Waals surface area (Å²) in [6.07, 6.45) is -0.0885. The van der Waals surface area contributed by atoms with Crippen molar-refractivity contribution >= 4 is 12.1 Å². The first-order valence-corrected chi connectivity index (χ1v) is 6.93. The number of benzene rings is 1. The highest BCUT2D eigenvalue weighted by Gasteiger charge is 2.63. The SMILES string of the molecule is COC(=O)[C@]1(NC(=O)OC(C)(C)C)C[C@@H]1c1ccccc1. The minimum atomic E-state index is -1.02. The number of hydrogen-bond acceptors (Lipinski definition) is 4. The molecule has 5 heteroatoms. The zero-order valence-corrected chi connectivity index (χ0v) is 12.8. The van der Waals surface area contributed by atoms with Crippen molar-refractivity contribution in [3.05, 3.63) is 35.9 Å². The summed E-state index contributed by atoms with van der Waals surface area (Å²) in [6, 6.07) is 9.59. The van der Waals surface area contributed by atoms with Crippen LogP contribution in [0.3, 0.4) is 0 Å². The Morgan fingerprint density at radius 2 is 1.86 bits per heavy atom. The van der Waals surface area contributed by atoms with E-state index in [2.05, 4.69) is 5.32 Å². The summed E-state index contributed by atoms with van der Waals surface area (Å²) in [7, 11) is 1.32. The lowest BCUT2D eigenvalue weighted by Crippen LogP contribution is -2.47. The molecule has 0 bridgehead atoms. The van der Waals surface area contributed by atoms with Crippen molar-refractivity contribution in [3.63, 3.8) is 0 Å². The summed E-state index contributed by atoms with van der Waals surface area (Å²) in [5, 5.41) is 2.69. The van der Waals surface area contributed by atoms with Crippen LogP contribution in [-0.4, -0.2) is 30.3 Å². The first-order valence-electron chi connectivity index (χ1n) is 6.93. The van der Waals surface area contributed by atoms with E-state index in [1.807, 2.05) is 30.3 Å². The van der Waals surface area contributed by atoms with Gasteiger partial charge in [-0.05, 0) is 32.8 Å². The Bertz CT molecular complexity index is 535. The molecule has 5 nitrogen and oxygen atoms in total. The van der Waals surface area contributed by atoms with E-state index >= 15 is 0 Å². The molecule has 0 unspecified atom stereocenters. The number of alkyl carbamates (subject to hydrolysis) is 1. The van der Waals surface area contributed by atoms with E-state index in [0.717, 1.165) is 5.56 Å². The fourth-order valence-electron chi connectivity index (χ4n) is 2.43. The number of amides is 1. The second-order valence-corrected chi connectivity index (χ2v) is 6.26. The Hall–Kier alpha value is -2.04. The lowest BCUT2D eigenvalue weighted by atomic mass is 10.1. The summed E-state index contributed by atoms with van der Waals surface area (Å²) in [6.45, 7) is 5.33. The molecular weight excluding hydrogens is 270 g/mol. The number of nitrogens with one attached hydrogen (secondary N) is 1. The van der Waals surface area contributed by atoms with Gasteiger partial charge in [0.1, 0.15) is 11.1 Å². The van der Waals surface area contributed by atoms with Crippen molar-refractivity contribution in [2.45, 2.75) is 44.2 Å². The highest BCUT2D eigenvalue weighted by Crippen LogP contribution is 2.52. The molecule has 114 valence electrons. The number of esters is 1. The zero-order chi connectivity index (χ0) is 15.7. The zero-order valence-electron chi connectivity index (χ0n) is 12.8. The van der Waals surface area contributed by atoms with Crippen LogP contribution in [0.1, 0.15) is 38.7 Å². The van der Waals surface area contributed by atoms with E-state index in [-0.39, 0.29) is 5.92 Å². The van der Waals surface area contributed by atoms with Crippen molar-refractivity contribution in [2.24, 2.45) is 0 Å². The van der Waals surface area contributed by atoms with Crippen LogP contribution >= 0.6 is 0 Å². The molecule has 1 fully saturated rings. The van der Waals surface area contributed by atoms with Crippen molar-refractivity contribution in [1.82, 2.24) is 5.32 Å². The minimum absolute atomic E-state index is 0.0846. The van der Waals surface area contributed by atoms with Crippen LogP contribution in [0.2, 0.25) is 0 Å². The smallest absolute Gasteiger partial charge is 0.408 e. The molecule has 2 atom stereocenters. The van der Waals surface area contributed by atoms with E-state index in [1.165, 1.54) is 7.11 Å². The predicted octanol–water partition coefficient (Wildman–Crippen LogP) is 2.61. The molecule has 0 aliphatic heterocycles. The maximum atomic E-state index is 12.1. The Kier molecular flexibility index (Phi) is 3.94. The molecule has 0 spiro atoms. The molecule has 2 rings (SSSR count). The first kappa shape index (κ1) is 15.4. The predicted molar refractivity (Wildman–Crippen MR) is 77.9 cm³/mol. The summed E-state index contributed by atoms with van der Waals surface area (Å²) in [5.74, 6) is -0.527. The first-order chi connectivity index (χ1) is 9.78. The third-order valence-corrected chi connectivity index (χ3v) is 3.44. The summed E-state index contributed by atoms with van der Waals surface area (Å²) < 4.78 is 10.1. The topological polar surface area (TPSA) is 64.6 Å². The van der Waals surface area contributed by atoms with Crippen LogP contribution in [0, 0.1) is 0 Å². The molecule has 0 saturated heterocycles. The third kappa shape index (κ3) is 3.35. The molecule has 1 aliphatic rings. The van der Waals surface area contributed by atoms with Gasteiger partial charge in [-0.2, -0.15) is 0 Å². The van der Waals surface area contributed by atoms with Crippen LogP contribution in [0.25, 0.3) is 0 Å². The maximum Gasteiger partial charge on any atom is 0.408 e. The molecule has 1 aromatic rings. The fourth-order valence-corrected chi connectivity index (χ4v) is 2.43. The minimum Gasteiger partial charge on any atom is -0.467 e. The molecule has 1 amide bonds. The summed E-state index contributed by atoms with van der Waals surface area (Å²) in [5.41, 5.74) is -0.629. The number of ether oxygens (including phenoxy) is 2. The number of hydrogen-bond donors (Lipinski definition) is 1. The standard InChI is InChI=1S/C16H21NO4/c1-15(2,3)21-14(19)17-16(13(18)20-4)10-12(16)11-8-6-5-7-9-11/h5-9,12H,10H2,1-4H3,(H,17,19)/t12-,16+/m1/s1. The Morgan fingerprint density at radius 1 is 1.24 bits per heavy atom. The average Bonchev–Trinajstić information content (AvgIpc) is 3.12. The van der Waals surface area contributed by atoms with Gasteiger partial charge in [0.2, 0.25) is 0 Å². The number of carbonyl (C=O) groups excluding carboxylic acids is 2. The van der Waals surface area contributed by atoms with Gasteiger partial charge in [-0.25, -0.2) is 9.59 Å². The van der Waals surface area contributed by atoms with E-state index in [4.69, 9.17) is 9.47 Å². The highest BCUT2D eigenvalue weighted by molar-refractivity contribution is 5.91. The van der Waals surface area contributed by atoms with E-state index in [0.29, 0.717) is 6.42 Å². The molecule has 1 N–H and O–H groups in total. The summed E-state index contributed by atoms with van der Waals surface area (Å²) in [4.78, 5) is 24.1. The molecule has 0 heterocycles. The van der Waals surface area contributed by atoms with E-state index in [1.54, 1.807) is 20.8 Å². The number of methoxy groups -OCH3 is 1.